The Hall–Kier alpha value is -3.42. The van der Waals surface area contributed by atoms with Crippen LogP contribution in [-0.2, 0) is 0 Å². The van der Waals surface area contributed by atoms with Crippen LogP contribution in [0, 0.1) is 10.1 Å². The van der Waals surface area contributed by atoms with E-state index >= 15 is 0 Å². The Morgan fingerprint density at radius 2 is 1.72 bits per heavy atom. The van der Waals surface area contributed by atoms with Gasteiger partial charge in [-0.3, -0.25) is 19.7 Å². The molecule has 0 aromatic heterocycles. The van der Waals surface area contributed by atoms with Crippen molar-refractivity contribution in [3.63, 3.8) is 0 Å². The molecule has 0 bridgehead atoms. The van der Waals surface area contributed by atoms with Crippen molar-refractivity contribution in [2.45, 2.75) is 6.92 Å². The number of nitro benzene ring substituents is 1. The fourth-order valence-electron chi connectivity index (χ4n) is 2.13. The molecule has 8 heteroatoms. The summed E-state index contributed by atoms with van der Waals surface area (Å²) in [6, 6.07) is 10.3. The highest BCUT2D eigenvalue weighted by Gasteiger charge is 2.18. The van der Waals surface area contributed by atoms with Gasteiger partial charge in [0.1, 0.15) is 0 Å². The molecule has 0 aliphatic heterocycles. The highest BCUT2D eigenvalue weighted by Crippen LogP contribution is 2.28. The molecule has 8 nitrogen and oxygen atoms in total. The van der Waals surface area contributed by atoms with Crippen LogP contribution in [0.25, 0.3) is 0 Å². The fourth-order valence-corrected chi connectivity index (χ4v) is 2.13. The van der Waals surface area contributed by atoms with Crippen LogP contribution in [-0.4, -0.2) is 30.4 Å². The standard InChI is InChI=1S/C17H17N3O5/c1-3-25-15-9-6-12(10-14(15)20(23)24)17(22)19-13-7-4-11(5-8-13)16(21)18-2/h4-10H,3H2,1-2H3,(H,18,21)(H,19,22). The molecule has 0 saturated carbocycles. The van der Waals surface area contributed by atoms with Crippen molar-refractivity contribution in [1.82, 2.24) is 5.32 Å². The maximum Gasteiger partial charge on any atom is 0.311 e. The number of anilines is 1. The zero-order chi connectivity index (χ0) is 18.4. The van der Waals surface area contributed by atoms with Crippen LogP contribution >= 0.6 is 0 Å². The number of hydrogen-bond donors (Lipinski definition) is 2. The summed E-state index contributed by atoms with van der Waals surface area (Å²) in [6.07, 6.45) is 0. The molecule has 2 N–H and O–H groups in total. The lowest BCUT2D eigenvalue weighted by Crippen LogP contribution is -2.18. The minimum Gasteiger partial charge on any atom is -0.487 e. The van der Waals surface area contributed by atoms with E-state index in [0.717, 1.165) is 0 Å². The van der Waals surface area contributed by atoms with Gasteiger partial charge in [0.2, 0.25) is 0 Å². The Morgan fingerprint density at radius 3 is 2.28 bits per heavy atom. The molecule has 2 aromatic rings. The van der Waals surface area contributed by atoms with Crippen molar-refractivity contribution >= 4 is 23.2 Å². The van der Waals surface area contributed by atoms with E-state index in [2.05, 4.69) is 10.6 Å². The average Bonchev–Trinajstić information content (AvgIpc) is 2.62. The topological polar surface area (TPSA) is 111 Å². The third-order valence-corrected chi connectivity index (χ3v) is 3.35. The molecule has 0 radical (unpaired) electrons. The third kappa shape index (κ3) is 4.31. The van der Waals surface area contributed by atoms with E-state index in [0.29, 0.717) is 11.3 Å². The Balaban J connectivity index is 2.19. The van der Waals surface area contributed by atoms with Gasteiger partial charge in [0, 0.05) is 29.9 Å². The lowest BCUT2D eigenvalue weighted by atomic mass is 10.1. The maximum absolute atomic E-state index is 12.3. The van der Waals surface area contributed by atoms with Crippen molar-refractivity contribution in [1.29, 1.82) is 0 Å². The first-order valence-corrected chi connectivity index (χ1v) is 7.51. The molecule has 0 atom stereocenters. The second-order valence-corrected chi connectivity index (χ2v) is 4.98. The summed E-state index contributed by atoms with van der Waals surface area (Å²) in [5.41, 5.74) is 0.779. The minimum absolute atomic E-state index is 0.110. The van der Waals surface area contributed by atoms with Gasteiger partial charge in [0.05, 0.1) is 11.5 Å². The Kier molecular flexibility index (Phi) is 5.67. The average molecular weight is 343 g/mol. The van der Waals surface area contributed by atoms with Gasteiger partial charge < -0.3 is 15.4 Å². The van der Waals surface area contributed by atoms with Gasteiger partial charge in [0.25, 0.3) is 11.8 Å². The lowest BCUT2D eigenvalue weighted by Gasteiger charge is -2.08. The number of hydrogen-bond acceptors (Lipinski definition) is 5. The zero-order valence-electron chi connectivity index (χ0n) is 13.7. The predicted molar refractivity (Wildman–Crippen MR) is 92.1 cm³/mol. The second kappa shape index (κ2) is 7.91. The van der Waals surface area contributed by atoms with Gasteiger partial charge in [-0.25, -0.2) is 0 Å². The quantitative estimate of drug-likeness (QED) is 0.619. The van der Waals surface area contributed by atoms with Crippen LogP contribution in [0.15, 0.2) is 42.5 Å². The number of nitro groups is 1. The Morgan fingerprint density at radius 1 is 1.08 bits per heavy atom. The Labute approximate surface area is 144 Å². The maximum atomic E-state index is 12.3. The summed E-state index contributed by atoms with van der Waals surface area (Å²) >= 11 is 0. The van der Waals surface area contributed by atoms with Crippen molar-refractivity contribution in [3.8, 4) is 5.75 Å². The highest BCUT2D eigenvalue weighted by molar-refractivity contribution is 6.05. The molecular weight excluding hydrogens is 326 g/mol. The molecule has 0 spiro atoms. The molecule has 0 aliphatic rings. The van der Waals surface area contributed by atoms with Gasteiger partial charge in [-0.05, 0) is 43.3 Å². The normalized spacial score (nSPS) is 10.0. The molecule has 2 amide bonds. The summed E-state index contributed by atoms with van der Waals surface area (Å²) in [4.78, 5) is 34.3. The molecule has 25 heavy (non-hydrogen) atoms. The van der Waals surface area contributed by atoms with E-state index in [1.807, 2.05) is 0 Å². The first-order valence-electron chi connectivity index (χ1n) is 7.51. The zero-order valence-corrected chi connectivity index (χ0v) is 13.7. The number of nitrogens with zero attached hydrogens (tertiary/aromatic N) is 1. The Bertz CT molecular complexity index is 802. The van der Waals surface area contributed by atoms with Crippen molar-refractivity contribution in [3.05, 3.63) is 63.7 Å². The van der Waals surface area contributed by atoms with Crippen LogP contribution < -0.4 is 15.4 Å². The number of nitrogens with one attached hydrogen (secondary N) is 2. The smallest absolute Gasteiger partial charge is 0.311 e. The van der Waals surface area contributed by atoms with Crippen molar-refractivity contribution < 1.29 is 19.2 Å². The molecular formula is C17H17N3O5. The van der Waals surface area contributed by atoms with Gasteiger partial charge >= 0.3 is 5.69 Å². The van der Waals surface area contributed by atoms with Crippen LogP contribution in [0.1, 0.15) is 27.6 Å². The number of amides is 2. The van der Waals surface area contributed by atoms with Crippen LogP contribution in [0.5, 0.6) is 5.75 Å². The number of ether oxygens (including phenoxy) is 1. The van der Waals surface area contributed by atoms with Crippen molar-refractivity contribution in [2.24, 2.45) is 0 Å². The van der Waals surface area contributed by atoms with E-state index in [-0.39, 0.29) is 29.5 Å². The molecule has 2 rings (SSSR count). The number of carbonyl (C=O) groups excluding carboxylic acids is 2. The molecule has 130 valence electrons. The van der Waals surface area contributed by atoms with E-state index in [1.54, 1.807) is 31.2 Å². The van der Waals surface area contributed by atoms with E-state index < -0.39 is 10.8 Å². The van der Waals surface area contributed by atoms with Crippen LogP contribution in [0.2, 0.25) is 0 Å². The monoisotopic (exact) mass is 343 g/mol. The largest absolute Gasteiger partial charge is 0.487 e. The van der Waals surface area contributed by atoms with Crippen LogP contribution in [0.3, 0.4) is 0 Å². The molecule has 0 heterocycles. The van der Waals surface area contributed by atoms with Gasteiger partial charge in [-0.15, -0.1) is 0 Å². The summed E-state index contributed by atoms with van der Waals surface area (Å²) in [7, 11) is 1.52. The molecule has 0 aliphatic carbocycles. The predicted octanol–water partition coefficient (Wildman–Crippen LogP) is 2.61. The van der Waals surface area contributed by atoms with Crippen molar-refractivity contribution in [2.75, 3.05) is 19.0 Å². The number of rotatable bonds is 6. The van der Waals surface area contributed by atoms with Gasteiger partial charge in [0.15, 0.2) is 5.75 Å². The third-order valence-electron chi connectivity index (χ3n) is 3.35. The van der Waals surface area contributed by atoms with Gasteiger partial charge in [-0.1, -0.05) is 0 Å². The highest BCUT2D eigenvalue weighted by atomic mass is 16.6. The molecule has 0 fully saturated rings. The van der Waals surface area contributed by atoms with Gasteiger partial charge in [-0.2, -0.15) is 0 Å². The molecule has 0 unspecified atom stereocenters. The number of benzene rings is 2. The van der Waals surface area contributed by atoms with Crippen LogP contribution in [0.4, 0.5) is 11.4 Å². The van der Waals surface area contributed by atoms with E-state index in [1.165, 1.54) is 25.2 Å². The molecule has 0 saturated heterocycles. The first-order chi connectivity index (χ1) is 12.0. The first kappa shape index (κ1) is 17.9. The second-order valence-electron chi connectivity index (χ2n) is 4.98. The summed E-state index contributed by atoms with van der Waals surface area (Å²) in [5.74, 6) is -0.627. The lowest BCUT2D eigenvalue weighted by molar-refractivity contribution is -0.385. The number of carbonyl (C=O) groups is 2. The summed E-state index contributed by atoms with van der Waals surface area (Å²) < 4.78 is 5.19. The SMILES string of the molecule is CCOc1ccc(C(=O)Nc2ccc(C(=O)NC)cc2)cc1[N+](=O)[O-]. The van der Waals surface area contributed by atoms with E-state index in [9.17, 15) is 19.7 Å². The minimum atomic E-state index is -0.597. The van der Waals surface area contributed by atoms with E-state index in [4.69, 9.17) is 4.74 Å². The fraction of sp³-hybridized carbons (Fsp3) is 0.176. The molecule has 2 aromatic carbocycles. The summed E-state index contributed by atoms with van der Waals surface area (Å²) in [5, 5.41) is 16.2. The summed E-state index contributed by atoms with van der Waals surface area (Å²) in [6.45, 7) is 2.00.